The normalized spacial score (nSPS) is 20.5. The first-order valence-electron chi connectivity index (χ1n) is 4.36. The summed E-state index contributed by atoms with van der Waals surface area (Å²) in [5.41, 5.74) is 5.47. The van der Waals surface area contributed by atoms with Gasteiger partial charge in [-0.15, -0.1) is 12.4 Å². The summed E-state index contributed by atoms with van der Waals surface area (Å²) in [6, 6.07) is 0. The molecule has 0 spiro atoms. The van der Waals surface area contributed by atoms with Crippen LogP contribution in [0.3, 0.4) is 0 Å². The second-order valence-electron chi connectivity index (χ2n) is 3.04. The van der Waals surface area contributed by atoms with Crippen LogP contribution in [0.5, 0.6) is 0 Å². The molecule has 1 rings (SSSR count). The Morgan fingerprint density at radius 1 is 1.00 bits per heavy atom. The lowest BCUT2D eigenvalue weighted by Crippen LogP contribution is -2.30. The molecule has 0 unspecified atom stereocenters. The molecule has 2 nitrogen and oxygen atoms in total. The van der Waals surface area contributed by atoms with E-state index in [1.54, 1.807) is 0 Å². The molecular weight excluding hydrogens is 160 g/mol. The van der Waals surface area contributed by atoms with Gasteiger partial charge in [0.1, 0.15) is 0 Å². The lowest BCUT2D eigenvalue weighted by molar-refractivity contribution is 0.293. The fraction of sp³-hybridized carbons (Fsp3) is 1.00. The van der Waals surface area contributed by atoms with E-state index < -0.39 is 0 Å². The largest absolute Gasteiger partial charge is 0.329 e. The third-order valence-electron chi connectivity index (χ3n) is 2.14. The monoisotopic (exact) mass is 178 g/mol. The Hall–Kier alpha value is 0.210. The first-order chi connectivity index (χ1) is 4.93. The van der Waals surface area contributed by atoms with E-state index in [9.17, 15) is 0 Å². The molecule has 2 N–H and O–H groups in total. The molecule has 1 fully saturated rings. The fourth-order valence-corrected chi connectivity index (χ4v) is 1.54. The van der Waals surface area contributed by atoms with Gasteiger partial charge in [-0.3, -0.25) is 0 Å². The van der Waals surface area contributed by atoms with Crippen LogP contribution in [0.2, 0.25) is 0 Å². The molecule has 1 heterocycles. The topological polar surface area (TPSA) is 29.3 Å². The molecule has 1 aliphatic rings. The summed E-state index contributed by atoms with van der Waals surface area (Å²) in [4.78, 5) is 2.48. The van der Waals surface area contributed by atoms with E-state index in [0.29, 0.717) is 0 Å². The highest BCUT2D eigenvalue weighted by atomic mass is 35.5. The van der Waals surface area contributed by atoms with Crippen molar-refractivity contribution in [2.45, 2.75) is 25.7 Å². The lowest BCUT2D eigenvalue weighted by atomic mass is 10.2. The summed E-state index contributed by atoms with van der Waals surface area (Å²) in [6.45, 7) is 4.47. The van der Waals surface area contributed by atoms with Gasteiger partial charge >= 0.3 is 0 Å². The quantitative estimate of drug-likeness (QED) is 0.690. The van der Waals surface area contributed by atoms with Crippen LogP contribution in [-0.2, 0) is 0 Å². The van der Waals surface area contributed by atoms with Crippen molar-refractivity contribution in [3.8, 4) is 0 Å². The Balaban J connectivity index is 0.000001000. The minimum atomic E-state index is 0. The number of nitrogens with two attached hydrogens (primary N) is 1. The number of hydrogen-bond acceptors (Lipinski definition) is 2. The maximum absolute atomic E-state index is 5.47. The predicted octanol–water partition coefficient (Wildman–Crippen LogP) is 1.24. The molecule has 0 atom stereocenters. The van der Waals surface area contributed by atoms with Gasteiger partial charge in [0.25, 0.3) is 0 Å². The van der Waals surface area contributed by atoms with Crippen LogP contribution < -0.4 is 5.73 Å². The van der Waals surface area contributed by atoms with Gasteiger partial charge in [-0.05, 0) is 25.9 Å². The molecule has 1 aliphatic heterocycles. The van der Waals surface area contributed by atoms with Crippen LogP contribution in [0.4, 0.5) is 0 Å². The highest BCUT2D eigenvalue weighted by Crippen LogP contribution is 2.08. The number of nitrogens with zero attached hydrogens (tertiary/aromatic N) is 1. The molecule has 11 heavy (non-hydrogen) atoms. The van der Waals surface area contributed by atoms with Crippen molar-refractivity contribution >= 4 is 12.4 Å². The molecule has 0 saturated carbocycles. The Bertz CT molecular complexity index is 80.2. The van der Waals surface area contributed by atoms with Crippen LogP contribution in [0.15, 0.2) is 0 Å². The van der Waals surface area contributed by atoms with Crippen LogP contribution in [0, 0.1) is 0 Å². The predicted molar refractivity (Wildman–Crippen MR) is 51.2 cm³/mol. The van der Waals surface area contributed by atoms with Crippen molar-refractivity contribution in [1.82, 2.24) is 4.90 Å². The zero-order valence-corrected chi connectivity index (χ0v) is 7.91. The molecule has 0 aliphatic carbocycles. The van der Waals surface area contributed by atoms with Gasteiger partial charge in [0, 0.05) is 13.1 Å². The fourth-order valence-electron chi connectivity index (χ4n) is 1.54. The van der Waals surface area contributed by atoms with E-state index in [2.05, 4.69) is 4.90 Å². The summed E-state index contributed by atoms with van der Waals surface area (Å²) in [7, 11) is 0. The maximum Gasteiger partial charge on any atom is 0.0105 e. The van der Waals surface area contributed by atoms with E-state index in [-0.39, 0.29) is 12.4 Å². The Morgan fingerprint density at radius 2 is 1.55 bits per heavy atom. The van der Waals surface area contributed by atoms with E-state index in [1.807, 2.05) is 0 Å². The van der Waals surface area contributed by atoms with Gasteiger partial charge in [0.05, 0.1) is 0 Å². The summed E-state index contributed by atoms with van der Waals surface area (Å²) in [6.07, 6.45) is 5.59. The van der Waals surface area contributed by atoms with Crippen molar-refractivity contribution in [3.05, 3.63) is 0 Å². The second kappa shape index (κ2) is 6.89. The Labute approximate surface area is 75.5 Å². The molecule has 0 radical (unpaired) electrons. The van der Waals surface area contributed by atoms with Gasteiger partial charge in [-0.25, -0.2) is 0 Å². The van der Waals surface area contributed by atoms with Crippen LogP contribution in [-0.4, -0.2) is 31.1 Å². The minimum Gasteiger partial charge on any atom is -0.329 e. The summed E-state index contributed by atoms with van der Waals surface area (Å²) < 4.78 is 0. The van der Waals surface area contributed by atoms with Crippen molar-refractivity contribution in [3.63, 3.8) is 0 Å². The standard InChI is InChI=1S/C8H18N2.ClH/c9-5-8-10-6-3-1-2-4-7-10;/h1-9H2;1H. The lowest BCUT2D eigenvalue weighted by Gasteiger charge is -2.17. The average Bonchev–Trinajstić information content (AvgIpc) is 2.17. The average molecular weight is 179 g/mol. The second-order valence-corrected chi connectivity index (χ2v) is 3.04. The van der Waals surface area contributed by atoms with Crippen molar-refractivity contribution in [1.29, 1.82) is 0 Å². The smallest absolute Gasteiger partial charge is 0.0105 e. The number of hydrogen-bond donors (Lipinski definition) is 1. The van der Waals surface area contributed by atoms with Crippen molar-refractivity contribution in [2.75, 3.05) is 26.2 Å². The number of likely N-dealkylation sites (tertiary alicyclic amines) is 1. The van der Waals surface area contributed by atoms with Crippen LogP contribution in [0.25, 0.3) is 0 Å². The number of halogens is 1. The van der Waals surface area contributed by atoms with Crippen LogP contribution >= 0.6 is 12.4 Å². The zero-order valence-electron chi connectivity index (χ0n) is 7.09. The van der Waals surface area contributed by atoms with Gasteiger partial charge in [0.15, 0.2) is 0 Å². The third kappa shape index (κ3) is 4.62. The molecular formula is C8H19ClN2. The highest BCUT2D eigenvalue weighted by Gasteiger charge is 2.06. The Morgan fingerprint density at radius 3 is 2.00 bits per heavy atom. The molecule has 1 saturated heterocycles. The number of rotatable bonds is 2. The molecule has 0 aromatic heterocycles. The first kappa shape index (κ1) is 11.2. The zero-order chi connectivity index (χ0) is 7.23. The van der Waals surface area contributed by atoms with E-state index in [1.165, 1.54) is 38.8 Å². The molecule has 0 amide bonds. The summed E-state index contributed by atoms with van der Waals surface area (Å²) in [5, 5.41) is 0. The van der Waals surface area contributed by atoms with Crippen LogP contribution in [0.1, 0.15) is 25.7 Å². The molecule has 0 aromatic carbocycles. The Kier molecular flexibility index (Phi) is 7.02. The van der Waals surface area contributed by atoms with E-state index >= 15 is 0 Å². The maximum atomic E-state index is 5.47. The highest BCUT2D eigenvalue weighted by molar-refractivity contribution is 5.85. The summed E-state index contributed by atoms with van der Waals surface area (Å²) >= 11 is 0. The van der Waals surface area contributed by atoms with E-state index in [4.69, 9.17) is 5.73 Å². The van der Waals surface area contributed by atoms with Crippen molar-refractivity contribution in [2.24, 2.45) is 5.73 Å². The van der Waals surface area contributed by atoms with E-state index in [0.717, 1.165) is 13.1 Å². The van der Waals surface area contributed by atoms with Gasteiger partial charge < -0.3 is 10.6 Å². The summed E-state index contributed by atoms with van der Waals surface area (Å²) in [5.74, 6) is 0. The van der Waals surface area contributed by atoms with Gasteiger partial charge in [-0.1, -0.05) is 12.8 Å². The first-order valence-corrected chi connectivity index (χ1v) is 4.36. The van der Waals surface area contributed by atoms with Gasteiger partial charge in [-0.2, -0.15) is 0 Å². The third-order valence-corrected chi connectivity index (χ3v) is 2.14. The SMILES string of the molecule is Cl.NCCN1CCCCCC1. The minimum absolute atomic E-state index is 0. The van der Waals surface area contributed by atoms with Gasteiger partial charge in [0.2, 0.25) is 0 Å². The molecule has 3 heteroatoms. The van der Waals surface area contributed by atoms with Crippen molar-refractivity contribution < 1.29 is 0 Å². The molecule has 0 aromatic rings. The molecule has 68 valence electrons. The molecule has 0 bridgehead atoms.